The average molecular weight is 203 g/mol. The molecule has 3 nitrogen and oxygen atoms in total. The van der Waals surface area contributed by atoms with E-state index in [-0.39, 0.29) is 0 Å². The predicted molar refractivity (Wildman–Crippen MR) is 64.4 cm³/mol. The Kier molecular flexibility index (Phi) is 4.57. The van der Waals surface area contributed by atoms with Crippen LogP contribution in [0.1, 0.15) is 18.4 Å². The fourth-order valence-corrected chi connectivity index (χ4v) is 1.38. The average Bonchev–Trinajstić information content (AvgIpc) is 2.27. The van der Waals surface area contributed by atoms with Crippen LogP contribution < -0.4 is 5.84 Å². The van der Waals surface area contributed by atoms with E-state index in [0.29, 0.717) is 5.92 Å². The van der Waals surface area contributed by atoms with Crippen molar-refractivity contribution in [2.75, 3.05) is 6.54 Å². The molecule has 1 rings (SSSR count). The van der Waals surface area contributed by atoms with Gasteiger partial charge in [-0.1, -0.05) is 43.8 Å². The summed E-state index contributed by atoms with van der Waals surface area (Å²) in [6, 6.07) is 10.3. The van der Waals surface area contributed by atoms with Crippen LogP contribution >= 0.6 is 0 Å². The molecule has 0 aliphatic heterocycles. The summed E-state index contributed by atoms with van der Waals surface area (Å²) >= 11 is 0. The molecule has 3 heteroatoms. The molecule has 0 spiro atoms. The van der Waals surface area contributed by atoms with Crippen LogP contribution in [0.2, 0.25) is 0 Å². The van der Waals surface area contributed by atoms with Crippen molar-refractivity contribution in [3.8, 4) is 0 Å². The molecule has 0 radical (unpaired) electrons. The zero-order chi connectivity index (χ0) is 11.1. The van der Waals surface area contributed by atoms with E-state index in [0.717, 1.165) is 6.54 Å². The van der Waals surface area contributed by atoms with Crippen LogP contribution in [0.25, 0.3) is 0 Å². The third-order valence-corrected chi connectivity index (χ3v) is 2.17. The van der Waals surface area contributed by atoms with Gasteiger partial charge in [0.15, 0.2) is 0 Å². The lowest BCUT2D eigenvalue weighted by Crippen LogP contribution is -2.32. The maximum absolute atomic E-state index is 5.73. The summed E-state index contributed by atoms with van der Waals surface area (Å²) in [5, 5.41) is 1.57. The highest BCUT2D eigenvalue weighted by molar-refractivity contribution is 5.54. The standard InChI is InChI=1S/C12H17N3/c1-3-14-10-15(13)9-11(2)12-7-5-4-6-8-12/h3-8,10-11H,1,9,13H2,2H3. The smallest absolute Gasteiger partial charge is 0.104 e. The van der Waals surface area contributed by atoms with Gasteiger partial charge in [0.1, 0.15) is 6.34 Å². The Labute approximate surface area is 90.9 Å². The van der Waals surface area contributed by atoms with Crippen LogP contribution in [0.4, 0.5) is 0 Å². The van der Waals surface area contributed by atoms with E-state index in [9.17, 15) is 0 Å². The first-order valence-corrected chi connectivity index (χ1v) is 4.94. The Hall–Kier alpha value is -1.61. The molecule has 80 valence electrons. The minimum Gasteiger partial charge on any atom is -0.300 e. The zero-order valence-electron chi connectivity index (χ0n) is 9.00. The highest BCUT2D eigenvalue weighted by atomic mass is 15.4. The molecule has 0 aromatic heterocycles. The number of hydrogen-bond donors (Lipinski definition) is 1. The highest BCUT2D eigenvalue weighted by Gasteiger charge is 2.06. The second kappa shape index (κ2) is 5.98. The molecule has 1 atom stereocenters. The molecule has 0 bridgehead atoms. The summed E-state index contributed by atoms with van der Waals surface area (Å²) in [6.45, 7) is 6.36. The van der Waals surface area contributed by atoms with Crippen molar-refractivity contribution in [2.45, 2.75) is 12.8 Å². The first-order valence-electron chi connectivity index (χ1n) is 4.94. The molecular formula is C12H17N3. The minimum atomic E-state index is 0.382. The fraction of sp³-hybridized carbons (Fsp3) is 0.250. The van der Waals surface area contributed by atoms with Crippen LogP contribution in [-0.4, -0.2) is 17.9 Å². The number of nitrogens with zero attached hydrogens (tertiary/aromatic N) is 2. The second-order valence-corrected chi connectivity index (χ2v) is 3.46. The lowest BCUT2D eigenvalue weighted by Gasteiger charge is -2.18. The molecule has 0 saturated heterocycles. The van der Waals surface area contributed by atoms with E-state index in [4.69, 9.17) is 5.84 Å². The molecule has 0 heterocycles. The quantitative estimate of drug-likeness (QED) is 0.345. The van der Waals surface area contributed by atoms with E-state index in [1.807, 2.05) is 18.2 Å². The van der Waals surface area contributed by atoms with Gasteiger partial charge < -0.3 is 5.01 Å². The molecule has 1 aromatic rings. The molecule has 2 N–H and O–H groups in total. The van der Waals surface area contributed by atoms with Crippen molar-refractivity contribution in [1.82, 2.24) is 5.01 Å². The van der Waals surface area contributed by atoms with E-state index in [1.54, 1.807) is 11.3 Å². The SMILES string of the molecule is C=CN=CN(N)CC(C)c1ccccc1. The van der Waals surface area contributed by atoms with E-state index in [2.05, 4.69) is 30.6 Å². The molecule has 0 amide bonds. The molecule has 0 aliphatic rings. The van der Waals surface area contributed by atoms with Crippen molar-refractivity contribution in [3.05, 3.63) is 48.7 Å². The van der Waals surface area contributed by atoms with Gasteiger partial charge in [-0.3, -0.25) is 0 Å². The lowest BCUT2D eigenvalue weighted by molar-refractivity contribution is 0.422. The third-order valence-electron chi connectivity index (χ3n) is 2.17. The Morgan fingerprint density at radius 2 is 2.13 bits per heavy atom. The Morgan fingerprint density at radius 3 is 2.73 bits per heavy atom. The largest absolute Gasteiger partial charge is 0.300 e. The molecule has 0 fully saturated rings. The number of benzene rings is 1. The first-order chi connectivity index (χ1) is 7.24. The number of nitrogens with two attached hydrogens (primary N) is 1. The summed E-state index contributed by atoms with van der Waals surface area (Å²) in [4.78, 5) is 3.86. The highest BCUT2D eigenvalue weighted by Crippen LogP contribution is 2.14. The van der Waals surface area contributed by atoms with Crippen LogP contribution in [0.5, 0.6) is 0 Å². The van der Waals surface area contributed by atoms with Gasteiger partial charge in [0.05, 0.1) is 0 Å². The van der Waals surface area contributed by atoms with Gasteiger partial charge >= 0.3 is 0 Å². The number of rotatable bonds is 5. The van der Waals surface area contributed by atoms with E-state index >= 15 is 0 Å². The molecule has 1 aromatic carbocycles. The number of hydrogen-bond acceptors (Lipinski definition) is 2. The van der Waals surface area contributed by atoms with Gasteiger partial charge in [-0.05, 0) is 5.56 Å². The molecule has 0 saturated carbocycles. The van der Waals surface area contributed by atoms with Crippen LogP contribution in [0.3, 0.4) is 0 Å². The van der Waals surface area contributed by atoms with Gasteiger partial charge in [-0.2, -0.15) is 0 Å². The summed E-state index contributed by atoms with van der Waals surface area (Å²) in [5.74, 6) is 6.12. The summed E-state index contributed by atoms with van der Waals surface area (Å²) in [7, 11) is 0. The molecular weight excluding hydrogens is 186 g/mol. The third kappa shape index (κ3) is 3.95. The summed E-state index contributed by atoms with van der Waals surface area (Å²) in [5.41, 5.74) is 1.28. The van der Waals surface area contributed by atoms with Crippen molar-refractivity contribution >= 4 is 6.34 Å². The van der Waals surface area contributed by atoms with Crippen molar-refractivity contribution in [1.29, 1.82) is 0 Å². The van der Waals surface area contributed by atoms with Gasteiger partial charge in [-0.15, -0.1) is 0 Å². The molecule has 1 unspecified atom stereocenters. The Bertz CT molecular complexity index is 319. The maximum Gasteiger partial charge on any atom is 0.104 e. The summed E-state index contributed by atoms with van der Waals surface area (Å²) < 4.78 is 0. The van der Waals surface area contributed by atoms with Gasteiger partial charge in [-0.25, -0.2) is 10.8 Å². The van der Waals surface area contributed by atoms with Gasteiger partial charge in [0, 0.05) is 18.7 Å². The second-order valence-electron chi connectivity index (χ2n) is 3.46. The number of hydrazine groups is 1. The monoisotopic (exact) mass is 203 g/mol. The van der Waals surface area contributed by atoms with Gasteiger partial charge in [0.25, 0.3) is 0 Å². The van der Waals surface area contributed by atoms with Crippen LogP contribution in [0.15, 0.2) is 48.1 Å². The van der Waals surface area contributed by atoms with E-state index < -0.39 is 0 Å². The van der Waals surface area contributed by atoms with Crippen molar-refractivity contribution in [2.24, 2.45) is 10.8 Å². The normalized spacial score (nSPS) is 12.7. The first kappa shape index (κ1) is 11.5. The molecule has 0 aliphatic carbocycles. The van der Waals surface area contributed by atoms with Crippen molar-refractivity contribution < 1.29 is 0 Å². The topological polar surface area (TPSA) is 41.6 Å². The van der Waals surface area contributed by atoms with Gasteiger partial charge in [0.2, 0.25) is 0 Å². The van der Waals surface area contributed by atoms with E-state index in [1.165, 1.54) is 11.8 Å². The van der Waals surface area contributed by atoms with Crippen LogP contribution in [0, 0.1) is 0 Å². The van der Waals surface area contributed by atoms with Crippen molar-refractivity contribution in [3.63, 3.8) is 0 Å². The fourth-order valence-electron chi connectivity index (χ4n) is 1.38. The molecule has 15 heavy (non-hydrogen) atoms. The minimum absolute atomic E-state index is 0.382. The maximum atomic E-state index is 5.73. The number of aliphatic imine (C=N–C) groups is 1. The van der Waals surface area contributed by atoms with Crippen LogP contribution in [-0.2, 0) is 0 Å². The Morgan fingerprint density at radius 1 is 1.47 bits per heavy atom. The Balaban J connectivity index is 2.52. The summed E-state index contributed by atoms with van der Waals surface area (Å²) in [6.07, 6.45) is 3.04. The lowest BCUT2D eigenvalue weighted by atomic mass is 10.0. The zero-order valence-corrected chi connectivity index (χ0v) is 9.00. The predicted octanol–water partition coefficient (Wildman–Crippen LogP) is 2.14.